The lowest BCUT2D eigenvalue weighted by molar-refractivity contribution is 0.865. The molecule has 0 unspecified atom stereocenters. The number of nitrogens with zero attached hydrogens (tertiary/aromatic N) is 1. The van der Waals surface area contributed by atoms with Crippen molar-refractivity contribution >= 4 is 12.2 Å². The Morgan fingerprint density at radius 1 is 1.54 bits per heavy atom. The van der Waals surface area contributed by atoms with E-state index in [1.54, 1.807) is 0 Å². The van der Waals surface area contributed by atoms with Crippen LogP contribution in [-0.2, 0) is 6.42 Å². The van der Waals surface area contributed by atoms with E-state index in [4.69, 9.17) is 0 Å². The number of aromatic nitrogens is 2. The quantitative estimate of drug-likeness (QED) is 0.750. The number of nitrogens with one attached hydrogen (secondary N) is 1. The highest BCUT2D eigenvalue weighted by Gasteiger charge is 2.05. The Morgan fingerprint density at radius 3 is 2.85 bits per heavy atom. The van der Waals surface area contributed by atoms with E-state index in [1.165, 1.54) is 5.69 Å². The molecule has 70 valence electrons. The molecule has 0 radical (unpaired) electrons. The Labute approximate surface area is 79.4 Å². The number of aryl methyl sites for hydroxylation is 1. The van der Waals surface area contributed by atoms with E-state index in [-0.39, 0.29) is 0 Å². The molecule has 0 amide bonds. The average molecular weight is 176 g/mol. The summed E-state index contributed by atoms with van der Waals surface area (Å²) in [6.07, 6.45) is 8.00. The van der Waals surface area contributed by atoms with E-state index < -0.39 is 0 Å². The number of rotatable bonds is 4. The third-order valence-corrected chi connectivity index (χ3v) is 1.94. The van der Waals surface area contributed by atoms with Crippen molar-refractivity contribution in [3.63, 3.8) is 0 Å². The number of H-pyrrole nitrogens is 1. The summed E-state index contributed by atoms with van der Waals surface area (Å²) in [6, 6.07) is 0. The second-order valence-electron chi connectivity index (χ2n) is 2.96. The van der Waals surface area contributed by atoms with Crippen LogP contribution in [0.3, 0.4) is 0 Å². The Bertz CT molecular complexity index is 308. The molecule has 0 saturated carbocycles. The predicted molar refractivity (Wildman–Crippen MR) is 57.4 cm³/mol. The monoisotopic (exact) mass is 176 g/mol. The molecule has 0 aliphatic heterocycles. The van der Waals surface area contributed by atoms with Crippen LogP contribution in [0.25, 0.3) is 12.2 Å². The lowest BCUT2D eigenvalue weighted by atomic mass is 10.1. The zero-order valence-electron chi connectivity index (χ0n) is 8.30. The lowest BCUT2D eigenvalue weighted by Gasteiger charge is -1.95. The Kier molecular flexibility index (Phi) is 3.50. The van der Waals surface area contributed by atoms with E-state index >= 15 is 0 Å². The van der Waals surface area contributed by atoms with Gasteiger partial charge in [-0.1, -0.05) is 32.1 Å². The number of aromatic amines is 1. The summed E-state index contributed by atoms with van der Waals surface area (Å²) >= 11 is 0. The molecule has 1 rings (SSSR count). The third-order valence-electron chi connectivity index (χ3n) is 1.94. The van der Waals surface area contributed by atoms with E-state index in [1.807, 2.05) is 25.2 Å². The van der Waals surface area contributed by atoms with Crippen molar-refractivity contribution in [1.82, 2.24) is 10.2 Å². The van der Waals surface area contributed by atoms with E-state index in [0.717, 1.165) is 24.1 Å². The van der Waals surface area contributed by atoms with Crippen molar-refractivity contribution in [1.29, 1.82) is 0 Å². The van der Waals surface area contributed by atoms with Crippen LogP contribution >= 0.6 is 0 Å². The van der Waals surface area contributed by atoms with Crippen LogP contribution in [0.15, 0.2) is 12.7 Å². The fraction of sp³-hybridized carbons (Fsp3) is 0.364. The molecule has 0 bridgehead atoms. The first kappa shape index (κ1) is 9.78. The maximum atomic E-state index is 4.21. The highest BCUT2D eigenvalue weighted by Crippen LogP contribution is 2.15. The van der Waals surface area contributed by atoms with Crippen molar-refractivity contribution in [2.45, 2.75) is 26.7 Å². The summed E-state index contributed by atoms with van der Waals surface area (Å²) in [5.41, 5.74) is 3.31. The molecule has 0 atom stereocenters. The number of hydrogen-bond donors (Lipinski definition) is 1. The smallest absolute Gasteiger partial charge is 0.0920 e. The Morgan fingerprint density at radius 2 is 2.31 bits per heavy atom. The summed E-state index contributed by atoms with van der Waals surface area (Å²) < 4.78 is 0. The summed E-state index contributed by atoms with van der Waals surface area (Å²) in [6.45, 7) is 7.94. The van der Waals surface area contributed by atoms with Gasteiger partial charge in [0.25, 0.3) is 0 Å². The zero-order valence-corrected chi connectivity index (χ0v) is 8.30. The van der Waals surface area contributed by atoms with Crippen LogP contribution < -0.4 is 0 Å². The van der Waals surface area contributed by atoms with Gasteiger partial charge in [-0.3, -0.25) is 5.10 Å². The van der Waals surface area contributed by atoms with Crippen LogP contribution in [-0.4, -0.2) is 10.2 Å². The fourth-order valence-electron chi connectivity index (χ4n) is 1.36. The van der Waals surface area contributed by atoms with Gasteiger partial charge in [0, 0.05) is 11.3 Å². The molecule has 1 aromatic rings. The highest BCUT2D eigenvalue weighted by molar-refractivity contribution is 5.63. The predicted octanol–water partition coefficient (Wildman–Crippen LogP) is 3.04. The molecule has 2 heteroatoms. The third kappa shape index (κ3) is 2.08. The van der Waals surface area contributed by atoms with Crippen molar-refractivity contribution in [3.05, 3.63) is 29.6 Å². The maximum Gasteiger partial charge on any atom is 0.0920 e. The van der Waals surface area contributed by atoms with Gasteiger partial charge in [-0.2, -0.15) is 5.10 Å². The zero-order chi connectivity index (χ0) is 9.68. The molecule has 2 nitrogen and oxygen atoms in total. The van der Waals surface area contributed by atoms with Crippen LogP contribution in [0.5, 0.6) is 0 Å². The van der Waals surface area contributed by atoms with Gasteiger partial charge < -0.3 is 0 Å². The molecule has 0 aliphatic rings. The lowest BCUT2D eigenvalue weighted by Crippen LogP contribution is -1.85. The largest absolute Gasteiger partial charge is 0.281 e. The first-order chi connectivity index (χ1) is 6.33. The molecule has 0 fully saturated rings. The molecule has 0 aliphatic carbocycles. The SMILES string of the molecule is C=Cc1c(/C=C\C)n[nH]c1CCC. The van der Waals surface area contributed by atoms with Gasteiger partial charge in [0.2, 0.25) is 0 Å². The van der Waals surface area contributed by atoms with Gasteiger partial charge in [0.05, 0.1) is 5.69 Å². The Balaban J connectivity index is 3.02. The van der Waals surface area contributed by atoms with E-state index in [0.29, 0.717) is 0 Å². The van der Waals surface area contributed by atoms with Crippen LogP contribution in [0.1, 0.15) is 37.2 Å². The van der Waals surface area contributed by atoms with E-state index in [9.17, 15) is 0 Å². The van der Waals surface area contributed by atoms with Gasteiger partial charge >= 0.3 is 0 Å². The molecular formula is C11H16N2. The molecule has 1 N–H and O–H groups in total. The van der Waals surface area contributed by atoms with E-state index in [2.05, 4.69) is 23.7 Å². The first-order valence-electron chi connectivity index (χ1n) is 4.65. The minimum Gasteiger partial charge on any atom is -0.281 e. The van der Waals surface area contributed by atoms with Crippen molar-refractivity contribution in [2.75, 3.05) is 0 Å². The first-order valence-corrected chi connectivity index (χ1v) is 4.65. The van der Waals surface area contributed by atoms with Gasteiger partial charge in [0.15, 0.2) is 0 Å². The standard InChI is InChI=1S/C11H16N2/c1-4-7-10-9(6-3)11(8-5-2)13-12-10/h4,6-7H,3,5,8H2,1-2H3,(H,12,13)/b7-4-. The summed E-state index contributed by atoms with van der Waals surface area (Å²) in [5.74, 6) is 0. The van der Waals surface area contributed by atoms with Crippen LogP contribution in [0, 0.1) is 0 Å². The highest BCUT2D eigenvalue weighted by atomic mass is 15.1. The minimum atomic E-state index is 0.987. The molecule has 0 saturated heterocycles. The van der Waals surface area contributed by atoms with Gasteiger partial charge in [-0.05, 0) is 19.4 Å². The van der Waals surface area contributed by atoms with Crippen LogP contribution in [0.2, 0.25) is 0 Å². The normalized spacial score (nSPS) is 10.9. The number of allylic oxidation sites excluding steroid dienone is 1. The number of hydrogen-bond acceptors (Lipinski definition) is 1. The van der Waals surface area contributed by atoms with Gasteiger partial charge in [-0.25, -0.2) is 0 Å². The van der Waals surface area contributed by atoms with Crippen molar-refractivity contribution < 1.29 is 0 Å². The second kappa shape index (κ2) is 4.65. The molecule has 13 heavy (non-hydrogen) atoms. The average Bonchev–Trinajstić information content (AvgIpc) is 2.49. The molecular weight excluding hydrogens is 160 g/mol. The Hall–Kier alpha value is -1.31. The molecule has 1 heterocycles. The van der Waals surface area contributed by atoms with Crippen molar-refractivity contribution in [3.8, 4) is 0 Å². The topological polar surface area (TPSA) is 28.7 Å². The van der Waals surface area contributed by atoms with Gasteiger partial charge in [0.1, 0.15) is 0 Å². The molecule has 0 aromatic carbocycles. The summed E-state index contributed by atoms with van der Waals surface area (Å²) in [7, 11) is 0. The molecule has 0 spiro atoms. The van der Waals surface area contributed by atoms with Crippen LogP contribution in [0.4, 0.5) is 0 Å². The van der Waals surface area contributed by atoms with Crippen molar-refractivity contribution in [2.24, 2.45) is 0 Å². The summed E-state index contributed by atoms with van der Waals surface area (Å²) in [4.78, 5) is 0. The maximum absolute atomic E-state index is 4.21. The minimum absolute atomic E-state index is 0.987. The van der Waals surface area contributed by atoms with Gasteiger partial charge in [-0.15, -0.1) is 0 Å². The fourth-order valence-corrected chi connectivity index (χ4v) is 1.36. The molecule has 1 aromatic heterocycles. The summed E-state index contributed by atoms with van der Waals surface area (Å²) in [5, 5.41) is 7.25. The second-order valence-corrected chi connectivity index (χ2v) is 2.96.